The van der Waals surface area contributed by atoms with Crippen LogP contribution in [0.2, 0.25) is 0 Å². The SMILES string of the molecule is COc1ccc(S(=O)(=O)N2CCC[C@H](C(=O)N3CCCc4ccccc43)C2)cc1. The van der Waals surface area contributed by atoms with Gasteiger partial charge in [-0.3, -0.25) is 4.79 Å². The van der Waals surface area contributed by atoms with E-state index in [4.69, 9.17) is 4.74 Å². The molecule has 6 nitrogen and oxygen atoms in total. The molecule has 0 N–H and O–H groups in total. The Labute approximate surface area is 172 Å². The summed E-state index contributed by atoms with van der Waals surface area (Å²) in [5.74, 6) is 0.328. The zero-order chi connectivity index (χ0) is 20.4. The van der Waals surface area contributed by atoms with E-state index in [2.05, 4.69) is 6.07 Å². The van der Waals surface area contributed by atoms with Crippen molar-refractivity contribution in [1.82, 2.24) is 4.31 Å². The van der Waals surface area contributed by atoms with Crippen molar-refractivity contribution in [2.75, 3.05) is 31.6 Å². The molecule has 154 valence electrons. The van der Waals surface area contributed by atoms with Gasteiger partial charge >= 0.3 is 0 Å². The standard InChI is InChI=1S/C22H26N2O4S/c1-28-19-10-12-20(13-11-19)29(26,27)23-14-4-8-18(16-23)22(25)24-15-5-7-17-6-2-3-9-21(17)24/h2-3,6,9-13,18H,4-5,7-8,14-16H2,1H3/t18-/m0/s1. The Morgan fingerprint density at radius 2 is 1.79 bits per heavy atom. The topological polar surface area (TPSA) is 66.9 Å². The first-order valence-electron chi connectivity index (χ1n) is 10.0. The van der Waals surface area contributed by atoms with Crippen molar-refractivity contribution in [3.63, 3.8) is 0 Å². The van der Waals surface area contributed by atoms with E-state index < -0.39 is 10.0 Å². The van der Waals surface area contributed by atoms with Gasteiger partial charge in [-0.1, -0.05) is 18.2 Å². The number of hydrogen-bond donors (Lipinski definition) is 0. The van der Waals surface area contributed by atoms with Gasteiger partial charge in [0.2, 0.25) is 15.9 Å². The third-order valence-electron chi connectivity index (χ3n) is 5.81. The molecule has 0 saturated carbocycles. The highest BCUT2D eigenvalue weighted by Crippen LogP contribution is 2.31. The van der Waals surface area contributed by atoms with Crippen LogP contribution in [-0.4, -0.2) is 45.4 Å². The number of para-hydroxylation sites is 1. The molecule has 29 heavy (non-hydrogen) atoms. The summed E-state index contributed by atoms with van der Waals surface area (Å²) in [5, 5.41) is 0. The minimum Gasteiger partial charge on any atom is -0.497 e. The number of methoxy groups -OCH3 is 1. The molecule has 2 aliphatic rings. The van der Waals surface area contributed by atoms with E-state index in [0.29, 0.717) is 31.7 Å². The number of hydrogen-bond acceptors (Lipinski definition) is 4. The number of fused-ring (bicyclic) bond motifs is 1. The predicted octanol–water partition coefficient (Wildman–Crippen LogP) is 3.08. The van der Waals surface area contributed by atoms with Gasteiger partial charge in [0.25, 0.3) is 0 Å². The van der Waals surface area contributed by atoms with Crippen LogP contribution in [0, 0.1) is 5.92 Å². The van der Waals surface area contributed by atoms with E-state index in [1.807, 2.05) is 23.1 Å². The van der Waals surface area contributed by atoms with Crippen molar-refractivity contribution in [1.29, 1.82) is 0 Å². The second-order valence-electron chi connectivity index (χ2n) is 7.60. The number of carbonyl (C=O) groups excluding carboxylic acids is 1. The van der Waals surface area contributed by atoms with E-state index in [-0.39, 0.29) is 23.3 Å². The first-order valence-corrected chi connectivity index (χ1v) is 11.5. The summed E-state index contributed by atoms with van der Waals surface area (Å²) >= 11 is 0. The summed E-state index contributed by atoms with van der Waals surface area (Å²) in [4.78, 5) is 15.4. The maximum absolute atomic E-state index is 13.3. The average molecular weight is 415 g/mol. The molecule has 0 aromatic heterocycles. The van der Waals surface area contributed by atoms with Crippen molar-refractivity contribution < 1.29 is 17.9 Å². The van der Waals surface area contributed by atoms with Crippen LogP contribution in [0.15, 0.2) is 53.4 Å². The molecule has 2 aromatic carbocycles. The number of aryl methyl sites for hydroxylation is 1. The summed E-state index contributed by atoms with van der Waals surface area (Å²) in [5.41, 5.74) is 2.16. The van der Waals surface area contributed by atoms with Gasteiger partial charge in [-0.05, 0) is 61.6 Å². The van der Waals surface area contributed by atoms with Crippen LogP contribution in [0.3, 0.4) is 0 Å². The second-order valence-corrected chi connectivity index (χ2v) is 9.54. The maximum Gasteiger partial charge on any atom is 0.243 e. The number of nitrogens with zero attached hydrogens (tertiary/aromatic N) is 2. The van der Waals surface area contributed by atoms with Crippen LogP contribution in [0.4, 0.5) is 5.69 Å². The summed E-state index contributed by atoms with van der Waals surface area (Å²) in [7, 11) is -2.09. The number of amides is 1. The molecule has 2 heterocycles. The third kappa shape index (κ3) is 3.89. The van der Waals surface area contributed by atoms with E-state index in [0.717, 1.165) is 18.5 Å². The lowest BCUT2D eigenvalue weighted by Crippen LogP contribution is -2.48. The molecule has 1 amide bonds. The molecule has 7 heteroatoms. The number of anilines is 1. The lowest BCUT2D eigenvalue weighted by atomic mass is 9.95. The van der Waals surface area contributed by atoms with Gasteiger partial charge in [-0.2, -0.15) is 4.31 Å². The quantitative estimate of drug-likeness (QED) is 0.771. The van der Waals surface area contributed by atoms with Crippen LogP contribution in [-0.2, 0) is 21.2 Å². The number of carbonyl (C=O) groups is 1. The summed E-state index contributed by atoms with van der Waals surface area (Å²) in [6.45, 7) is 1.36. The van der Waals surface area contributed by atoms with Crippen LogP contribution in [0.25, 0.3) is 0 Å². The fourth-order valence-electron chi connectivity index (χ4n) is 4.24. The Morgan fingerprint density at radius 3 is 2.55 bits per heavy atom. The van der Waals surface area contributed by atoms with Gasteiger partial charge in [0.1, 0.15) is 5.75 Å². The van der Waals surface area contributed by atoms with Crippen LogP contribution < -0.4 is 9.64 Å². The minimum atomic E-state index is -3.64. The summed E-state index contributed by atoms with van der Waals surface area (Å²) < 4.78 is 32.7. The van der Waals surface area contributed by atoms with Crippen molar-refractivity contribution in [3.05, 3.63) is 54.1 Å². The van der Waals surface area contributed by atoms with E-state index in [1.54, 1.807) is 31.4 Å². The van der Waals surface area contributed by atoms with Gasteiger partial charge in [0.15, 0.2) is 0 Å². The highest BCUT2D eigenvalue weighted by atomic mass is 32.2. The Kier molecular flexibility index (Phi) is 5.61. The van der Waals surface area contributed by atoms with E-state index in [9.17, 15) is 13.2 Å². The Balaban J connectivity index is 1.53. The fraction of sp³-hybridized carbons (Fsp3) is 0.409. The molecule has 2 aromatic rings. The molecule has 4 rings (SSSR count). The average Bonchev–Trinajstić information content (AvgIpc) is 2.78. The minimum absolute atomic E-state index is 0.0341. The maximum atomic E-state index is 13.3. The molecule has 2 aliphatic heterocycles. The largest absolute Gasteiger partial charge is 0.497 e. The number of piperidine rings is 1. The van der Waals surface area contributed by atoms with Crippen LogP contribution >= 0.6 is 0 Å². The Hall–Kier alpha value is -2.38. The first kappa shape index (κ1) is 19.9. The molecule has 0 radical (unpaired) electrons. The lowest BCUT2D eigenvalue weighted by Gasteiger charge is -2.36. The molecular weight excluding hydrogens is 388 g/mol. The molecule has 0 bridgehead atoms. The van der Waals surface area contributed by atoms with Crippen molar-refractivity contribution in [3.8, 4) is 5.75 Å². The number of ether oxygens (including phenoxy) is 1. The van der Waals surface area contributed by atoms with Gasteiger partial charge in [-0.15, -0.1) is 0 Å². The zero-order valence-corrected chi connectivity index (χ0v) is 17.4. The fourth-order valence-corrected chi connectivity index (χ4v) is 5.77. The molecule has 0 aliphatic carbocycles. The van der Waals surface area contributed by atoms with Crippen LogP contribution in [0.1, 0.15) is 24.8 Å². The Morgan fingerprint density at radius 1 is 1.03 bits per heavy atom. The highest BCUT2D eigenvalue weighted by Gasteiger charge is 2.36. The first-order chi connectivity index (χ1) is 14.0. The monoisotopic (exact) mass is 414 g/mol. The van der Waals surface area contributed by atoms with Crippen molar-refractivity contribution in [2.24, 2.45) is 5.92 Å². The Bertz CT molecular complexity index is 988. The highest BCUT2D eigenvalue weighted by molar-refractivity contribution is 7.89. The van der Waals surface area contributed by atoms with E-state index in [1.165, 1.54) is 9.87 Å². The normalized spacial score (nSPS) is 20.2. The number of sulfonamides is 1. The van der Waals surface area contributed by atoms with Crippen molar-refractivity contribution in [2.45, 2.75) is 30.6 Å². The molecular formula is C22H26N2O4S. The summed E-state index contributed by atoms with van der Waals surface area (Å²) in [6, 6.07) is 14.4. The van der Waals surface area contributed by atoms with Gasteiger partial charge < -0.3 is 9.64 Å². The van der Waals surface area contributed by atoms with Gasteiger partial charge in [0, 0.05) is 25.3 Å². The molecule has 1 atom stereocenters. The second kappa shape index (κ2) is 8.16. The van der Waals surface area contributed by atoms with Gasteiger partial charge in [0.05, 0.1) is 17.9 Å². The van der Waals surface area contributed by atoms with E-state index >= 15 is 0 Å². The van der Waals surface area contributed by atoms with Crippen molar-refractivity contribution >= 4 is 21.6 Å². The summed E-state index contributed by atoms with van der Waals surface area (Å²) in [6.07, 6.45) is 3.30. The number of rotatable bonds is 4. The predicted molar refractivity (Wildman–Crippen MR) is 112 cm³/mol. The molecule has 1 fully saturated rings. The lowest BCUT2D eigenvalue weighted by molar-refractivity contribution is -0.123. The van der Waals surface area contributed by atoms with Gasteiger partial charge in [-0.25, -0.2) is 8.42 Å². The van der Waals surface area contributed by atoms with Crippen LogP contribution in [0.5, 0.6) is 5.75 Å². The zero-order valence-electron chi connectivity index (χ0n) is 16.6. The number of benzene rings is 2. The molecule has 0 unspecified atom stereocenters. The molecule has 1 saturated heterocycles. The third-order valence-corrected chi connectivity index (χ3v) is 7.69. The molecule has 0 spiro atoms. The smallest absolute Gasteiger partial charge is 0.243 e.